The van der Waals surface area contributed by atoms with Gasteiger partial charge in [0.15, 0.2) is 0 Å². The summed E-state index contributed by atoms with van der Waals surface area (Å²) in [5.41, 5.74) is -0.355. The quantitative estimate of drug-likeness (QED) is 0.905. The number of nitrogens with zero attached hydrogens (tertiary/aromatic N) is 2. The van der Waals surface area contributed by atoms with Gasteiger partial charge >= 0.3 is 0 Å². The number of hydrogen-bond acceptors (Lipinski definition) is 2. The van der Waals surface area contributed by atoms with Crippen LogP contribution in [-0.2, 0) is 13.0 Å². The van der Waals surface area contributed by atoms with Crippen molar-refractivity contribution in [1.82, 2.24) is 9.55 Å². The van der Waals surface area contributed by atoms with Gasteiger partial charge in [-0.15, -0.1) is 0 Å². The summed E-state index contributed by atoms with van der Waals surface area (Å²) in [5, 5.41) is 11.0. The van der Waals surface area contributed by atoms with Gasteiger partial charge in [0.1, 0.15) is 5.82 Å². The predicted octanol–water partition coefficient (Wildman–Crippen LogP) is 3.41. The Morgan fingerprint density at radius 1 is 1.42 bits per heavy atom. The smallest absolute Gasteiger partial charge is 0.111 e. The second-order valence-corrected chi connectivity index (χ2v) is 7.29. The third-order valence-corrected chi connectivity index (χ3v) is 4.19. The minimum absolute atomic E-state index is 0.231. The molecule has 0 amide bonds. The summed E-state index contributed by atoms with van der Waals surface area (Å²) >= 11 is 0. The van der Waals surface area contributed by atoms with Crippen molar-refractivity contribution in [2.24, 2.45) is 11.3 Å². The van der Waals surface area contributed by atoms with E-state index in [4.69, 9.17) is 0 Å². The second kappa shape index (κ2) is 5.28. The molecule has 3 nitrogen and oxygen atoms in total. The van der Waals surface area contributed by atoms with Crippen LogP contribution in [0.1, 0.15) is 59.2 Å². The highest BCUT2D eigenvalue weighted by atomic mass is 16.3. The molecule has 0 aliphatic heterocycles. The standard InChI is InChI=1S/C16H28N2O/c1-5-7-18-8-6-17-14(18)11-16(19)10-13(2)9-15(3,4)12-16/h6,8,13,19H,5,7,9-12H2,1-4H3. The van der Waals surface area contributed by atoms with Crippen molar-refractivity contribution in [2.45, 2.75) is 71.9 Å². The van der Waals surface area contributed by atoms with Crippen molar-refractivity contribution in [2.75, 3.05) is 0 Å². The summed E-state index contributed by atoms with van der Waals surface area (Å²) in [5.74, 6) is 1.62. The number of rotatable bonds is 4. The molecule has 0 saturated heterocycles. The van der Waals surface area contributed by atoms with Gasteiger partial charge in [-0.05, 0) is 37.0 Å². The van der Waals surface area contributed by atoms with Gasteiger partial charge in [0.2, 0.25) is 0 Å². The highest BCUT2D eigenvalue weighted by Gasteiger charge is 2.42. The van der Waals surface area contributed by atoms with E-state index in [0.29, 0.717) is 12.3 Å². The third-order valence-electron chi connectivity index (χ3n) is 4.19. The van der Waals surface area contributed by atoms with E-state index in [9.17, 15) is 5.11 Å². The van der Waals surface area contributed by atoms with Crippen LogP contribution in [0.4, 0.5) is 0 Å². The van der Waals surface area contributed by atoms with E-state index in [0.717, 1.165) is 31.6 Å². The molecule has 0 bridgehead atoms. The Morgan fingerprint density at radius 2 is 2.16 bits per heavy atom. The van der Waals surface area contributed by atoms with Crippen LogP contribution in [0.3, 0.4) is 0 Å². The summed E-state index contributed by atoms with van der Waals surface area (Å²) < 4.78 is 2.18. The van der Waals surface area contributed by atoms with Gasteiger partial charge in [0.05, 0.1) is 5.60 Å². The van der Waals surface area contributed by atoms with Crippen LogP contribution in [0.25, 0.3) is 0 Å². The summed E-state index contributed by atoms with van der Waals surface area (Å²) in [7, 11) is 0. The maximum Gasteiger partial charge on any atom is 0.111 e. The molecule has 108 valence electrons. The fourth-order valence-electron chi connectivity index (χ4n) is 4.08. The molecule has 1 aromatic heterocycles. The minimum atomic E-state index is -0.585. The molecule has 3 heteroatoms. The molecule has 2 unspecified atom stereocenters. The van der Waals surface area contributed by atoms with Gasteiger partial charge in [-0.25, -0.2) is 4.98 Å². The average Bonchev–Trinajstić information content (AvgIpc) is 2.61. The van der Waals surface area contributed by atoms with Crippen LogP contribution < -0.4 is 0 Å². The van der Waals surface area contributed by atoms with E-state index >= 15 is 0 Å². The molecule has 1 heterocycles. The van der Waals surface area contributed by atoms with E-state index in [1.807, 2.05) is 12.4 Å². The number of aromatic nitrogens is 2. The fraction of sp³-hybridized carbons (Fsp3) is 0.812. The molecule has 1 fully saturated rings. The average molecular weight is 264 g/mol. The summed E-state index contributed by atoms with van der Waals surface area (Å²) in [4.78, 5) is 4.45. The maximum absolute atomic E-state index is 11.0. The topological polar surface area (TPSA) is 38.0 Å². The first-order valence-corrected chi connectivity index (χ1v) is 7.56. The molecule has 19 heavy (non-hydrogen) atoms. The molecule has 0 spiro atoms. The predicted molar refractivity (Wildman–Crippen MR) is 78.0 cm³/mol. The van der Waals surface area contributed by atoms with Gasteiger partial charge < -0.3 is 9.67 Å². The van der Waals surface area contributed by atoms with E-state index in [1.54, 1.807) is 0 Å². The lowest BCUT2D eigenvalue weighted by Crippen LogP contribution is -2.44. The summed E-state index contributed by atoms with van der Waals surface area (Å²) in [6, 6.07) is 0. The number of imidazole rings is 1. The molecule has 0 radical (unpaired) electrons. The third kappa shape index (κ3) is 3.59. The van der Waals surface area contributed by atoms with Gasteiger partial charge in [-0.1, -0.05) is 27.7 Å². The van der Waals surface area contributed by atoms with E-state index < -0.39 is 5.60 Å². The van der Waals surface area contributed by atoms with Crippen molar-refractivity contribution >= 4 is 0 Å². The largest absolute Gasteiger partial charge is 0.389 e. The summed E-state index contributed by atoms with van der Waals surface area (Å²) in [6.45, 7) is 9.96. The second-order valence-electron chi connectivity index (χ2n) is 7.29. The Morgan fingerprint density at radius 3 is 2.79 bits per heavy atom. The zero-order valence-electron chi connectivity index (χ0n) is 12.8. The first-order valence-electron chi connectivity index (χ1n) is 7.56. The Labute approximate surface area is 117 Å². The molecule has 1 saturated carbocycles. The van der Waals surface area contributed by atoms with Crippen LogP contribution in [0.5, 0.6) is 0 Å². The first-order chi connectivity index (χ1) is 8.84. The Bertz CT molecular complexity index is 424. The minimum Gasteiger partial charge on any atom is -0.389 e. The highest BCUT2D eigenvalue weighted by molar-refractivity contribution is 5.03. The lowest BCUT2D eigenvalue weighted by Gasteiger charge is -2.44. The molecular formula is C16H28N2O. The normalized spacial score (nSPS) is 30.5. The summed E-state index contributed by atoms with van der Waals surface area (Å²) in [6.07, 6.45) is 8.65. The zero-order chi connectivity index (χ0) is 14.1. The van der Waals surface area contributed by atoms with Crippen molar-refractivity contribution in [1.29, 1.82) is 0 Å². The van der Waals surface area contributed by atoms with Crippen molar-refractivity contribution in [3.63, 3.8) is 0 Å². The van der Waals surface area contributed by atoms with Crippen molar-refractivity contribution < 1.29 is 5.11 Å². The zero-order valence-corrected chi connectivity index (χ0v) is 12.8. The molecule has 0 aromatic carbocycles. The first kappa shape index (κ1) is 14.6. The van der Waals surface area contributed by atoms with E-state index in [1.165, 1.54) is 6.42 Å². The molecule has 1 aliphatic carbocycles. The van der Waals surface area contributed by atoms with Crippen LogP contribution >= 0.6 is 0 Å². The lowest BCUT2D eigenvalue weighted by molar-refractivity contribution is -0.0591. The van der Waals surface area contributed by atoms with E-state index in [2.05, 4.69) is 37.2 Å². The number of hydrogen-bond donors (Lipinski definition) is 1. The molecular weight excluding hydrogens is 236 g/mol. The van der Waals surface area contributed by atoms with Gasteiger partial charge in [0, 0.05) is 25.4 Å². The Kier molecular flexibility index (Phi) is 4.05. The van der Waals surface area contributed by atoms with Crippen LogP contribution in [0, 0.1) is 11.3 Å². The van der Waals surface area contributed by atoms with E-state index in [-0.39, 0.29) is 5.41 Å². The number of aliphatic hydroxyl groups is 1. The van der Waals surface area contributed by atoms with Crippen molar-refractivity contribution in [3.05, 3.63) is 18.2 Å². The monoisotopic (exact) mass is 264 g/mol. The van der Waals surface area contributed by atoms with Gasteiger partial charge in [0.25, 0.3) is 0 Å². The van der Waals surface area contributed by atoms with Gasteiger partial charge in [-0.2, -0.15) is 0 Å². The molecule has 2 atom stereocenters. The Hall–Kier alpha value is -0.830. The van der Waals surface area contributed by atoms with Crippen LogP contribution in [0.15, 0.2) is 12.4 Å². The molecule has 1 N–H and O–H groups in total. The van der Waals surface area contributed by atoms with Gasteiger partial charge in [-0.3, -0.25) is 0 Å². The number of aryl methyl sites for hydroxylation is 1. The highest BCUT2D eigenvalue weighted by Crippen LogP contribution is 2.44. The lowest BCUT2D eigenvalue weighted by atomic mass is 9.65. The van der Waals surface area contributed by atoms with Crippen LogP contribution in [-0.4, -0.2) is 20.3 Å². The fourth-order valence-corrected chi connectivity index (χ4v) is 4.08. The van der Waals surface area contributed by atoms with Crippen LogP contribution in [0.2, 0.25) is 0 Å². The maximum atomic E-state index is 11.0. The Balaban J connectivity index is 2.14. The molecule has 2 rings (SSSR count). The SMILES string of the molecule is CCCn1ccnc1CC1(O)CC(C)CC(C)(C)C1. The molecule has 1 aromatic rings. The molecule has 1 aliphatic rings. The van der Waals surface area contributed by atoms with Crippen molar-refractivity contribution in [3.8, 4) is 0 Å².